The molecule has 0 amide bonds. The quantitative estimate of drug-likeness (QED) is 0.766. The summed E-state index contributed by atoms with van der Waals surface area (Å²) in [6.07, 6.45) is -4.44. The van der Waals surface area contributed by atoms with Gasteiger partial charge in [-0.2, -0.15) is 13.2 Å². The molecule has 7 heteroatoms. The molecule has 2 aromatic rings. The van der Waals surface area contributed by atoms with Gasteiger partial charge in [0.25, 0.3) is 0 Å². The fraction of sp³-hybridized carbons (Fsp3) is 0.368. The summed E-state index contributed by atoms with van der Waals surface area (Å²) in [4.78, 5) is 0. The number of halogens is 3. The molecule has 0 radical (unpaired) electrons. The van der Waals surface area contributed by atoms with E-state index >= 15 is 0 Å². The lowest BCUT2D eigenvalue weighted by Crippen LogP contribution is -2.47. The van der Waals surface area contributed by atoms with Crippen LogP contribution in [-0.4, -0.2) is 20.3 Å². The van der Waals surface area contributed by atoms with Crippen molar-refractivity contribution in [2.75, 3.05) is 13.2 Å². The highest BCUT2D eigenvalue weighted by Gasteiger charge is 2.37. The molecule has 1 fully saturated rings. The lowest BCUT2D eigenvalue weighted by atomic mass is 9.75. The minimum absolute atomic E-state index is 0.119. The summed E-state index contributed by atoms with van der Waals surface area (Å²) in [6.45, 7) is 5.08. The second kappa shape index (κ2) is 7.33. The molecule has 0 aromatic heterocycles. The van der Waals surface area contributed by atoms with Gasteiger partial charge in [-0.3, -0.25) is 0 Å². The minimum Gasteiger partial charge on any atom is -0.489 e. The summed E-state index contributed by atoms with van der Waals surface area (Å²) >= 11 is 0. The van der Waals surface area contributed by atoms with Gasteiger partial charge in [-0.1, -0.05) is 56.3 Å². The van der Waals surface area contributed by atoms with E-state index in [1.807, 2.05) is 44.2 Å². The van der Waals surface area contributed by atoms with Crippen LogP contribution in [0, 0.1) is 5.41 Å². The van der Waals surface area contributed by atoms with Crippen LogP contribution in [0.15, 0.2) is 48.5 Å². The monoisotopic (exact) mass is 364 g/mol. The molecule has 0 spiro atoms. The first kappa shape index (κ1) is 18.8. The van der Waals surface area contributed by atoms with Gasteiger partial charge in [-0.25, -0.2) is 0 Å². The average Bonchev–Trinajstić information content (AvgIpc) is 2.60. The molecular formula is C19H20BF3O3. The molecule has 0 N–H and O–H groups in total. The third-order valence-electron chi connectivity index (χ3n) is 4.08. The zero-order valence-electron chi connectivity index (χ0n) is 14.7. The number of ether oxygens (including phenoxy) is 1. The molecule has 1 aliphatic rings. The summed E-state index contributed by atoms with van der Waals surface area (Å²) < 4.78 is 56.4. The van der Waals surface area contributed by atoms with Gasteiger partial charge in [0.15, 0.2) is 0 Å². The van der Waals surface area contributed by atoms with Crippen LogP contribution in [0.5, 0.6) is 5.75 Å². The summed E-state index contributed by atoms with van der Waals surface area (Å²) in [7, 11) is -0.740. The van der Waals surface area contributed by atoms with Crippen molar-refractivity contribution in [3.05, 3.63) is 59.7 Å². The van der Waals surface area contributed by atoms with Crippen molar-refractivity contribution in [2.24, 2.45) is 5.41 Å². The van der Waals surface area contributed by atoms with E-state index in [9.17, 15) is 13.2 Å². The van der Waals surface area contributed by atoms with Crippen molar-refractivity contribution in [2.45, 2.75) is 26.6 Å². The number of rotatable bonds is 4. The van der Waals surface area contributed by atoms with Crippen LogP contribution in [0.4, 0.5) is 13.2 Å². The first-order valence-corrected chi connectivity index (χ1v) is 8.36. The molecule has 26 heavy (non-hydrogen) atoms. The standard InChI is InChI=1S/C19H20BF3O3/c1-18(2)12-25-20(26-13-18)16-9-8-15(19(21,22)23)10-17(16)24-11-14-6-4-3-5-7-14/h3-10H,11-13H2,1-2H3. The SMILES string of the molecule is CC1(C)COB(c2ccc(C(F)(F)F)cc2OCc2ccccc2)OC1. The molecule has 3 nitrogen and oxygen atoms in total. The van der Waals surface area contributed by atoms with Crippen LogP contribution in [-0.2, 0) is 22.1 Å². The van der Waals surface area contributed by atoms with Crippen molar-refractivity contribution < 1.29 is 27.2 Å². The van der Waals surface area contributed by atoms with Gasteiger partial charge in [-0.15, -0.1) is 0 Å². The van der Waals surface area contributed by atoms with E-state index in [2.05, 4.69) is 0 Å². The van der Waals surface area contributed by atoms with E-state index in [-0.39, 0.29) is 17.8 Å². The highest BCUT2D eigenvalue weighted by molar-refractivity contribution is 6.62. The maximum atomic E-state index is 13.1. The van der Waals surface area contributed by atoms with Crippen molar-refractivity contribution >= 4 is 12.6 Å². The Kier molecular flexibility index (Phi) is 5.30. The van der Waals surface area contributed by atoms with E-state index in [1.54, 1.807) is 0 Å². The van der Waals surface area contributed by atoms with Gasteiger partial charge >= 0.3 is 13.3 Å². The molecule has 2 aromatic carbocycles. The van der Waals surface area contributed by atoms with Crippen molar-refractivity contribution in [3.63, 3.8) is 0 Å². The van der Waals surface area contributed by atoms with Crippen molar-refractivity contribution in [3.8, 4) is 5.75 Å². The van der Waals surface area contributed by atoms with Gasteiger partial charge in [0.2, 0.25) is 0 Å². The Bertz CT molecular complexity index is 737. The average molecular weight is 364 g/mol. The Hall–Kier alpha value is -1.99. The van der Waals surface area contributed by atoms with E-state index < -0.39 is 18.9 Å². The van der Waals surface area contributed by atoms with Crippen LogP contribution in [0.25, 0.3) is 0 Å². The van der Waals surface area contributed by atoms with Crippen LogP contribution < -0.4 is 10.2 Å². The second-order valence-electron chi connectivity index (χ2n) is 7.14. The highest BCUT2D eigenvalue weighted by atomic mass is 19.4. The Morgan fingerprint density at radius 3 is 2.31 bits per heavy atom. The lowest BCUT2D eigenvalue weighted by Gasteiger charge is -2.33. The fourth-order valence-electron chi connectivity index (χ4n) is 2.64. The molecule has 0 saturated carbocycles. The minimum atomic E-state index is -4.44. The predicted molar refractivity (Wildman–Crippen MR) is 93.3 cm³/mol. The Morgan fingerprint density at radius 1 is 1.04 bits per heavy atom. The Morgan fingerprint density at radius 2 is 1.69 bits per heavy atom. The van der Waals surface area contributed by atoms with Crippen LogP contribution >= 0.6 is 0 Å². The molecule has 3 rings (SSSR count). The van der Waals surface area contributed by atoms with Gasteiger partial charge in [0.05, 0.1) is 5.56 Å². The van der Waals surface area contributed by atoms with Crippen LogP contribution in [0.3, 0.4) is 0 Å². The summed E-state index contributed by atoms with van der Waals surface area (Å²) in [5, 5.41) is 0. The van der Waals surface area contributed by atoms with Gasteiger partial charge < -0.3 is 14.0 Å². The number of alkyl halides is 3. The molecule has 1 aliphatic heterocycles. The zero-order chi connectivity index (χ0) is 18.8. The molecular weight excluding hydrogens is 344 g/mol. The second-order valence-corrected chi connectivity index (χ2v) is 7.14. The molecule has 0 bridgehead atoms. The van der Waals surface area contributed by atoms with Gasteiger partial charge in [-0.05, 0) is 11.6 Å². The number of hydrogen-bond acceptors (Lipinski definition) is 3. The predicted octanol–water partition coefficient (Wildman–Crippen LogP) is 4.05. The lowest BCUT2D eigenvalue weighted by molar-refractivity contribution is -0.137. The molecule has 1 heterocycles. The largest absolute Gasteiger partial charge is 0.497 e. The van der Waals surface area contributed by atoms with E-state index in [0.29, 0.717) is 18.7 Å². The van der Waals surface area contributed by atoms with Gasteiger partial charge in [0, 0.05) is 24.1 Å². The molecule has 0 aliphatic carbocycles. The third-order valence-corrected chi connectivity index (χ3v) is 4.08. The zero-order valence-corrected chi connectivity index (χ0v) is 14.7. The van der Waals surface area contributed by atoms with E-state index in [0.717, 1.165) is 17.7 Å². The van der Waals surface area contributed by atoms with Gasteiger partial charge in [0.1, 0.15) is 12.4 Å². The first-order valence-electron chi connectivity index (χ1n) is 8.36. The summed E-state index contributed by atoms with van der Waals surface area (Å²) in [6, 6.07) is 12.7. The summed E-state index contributed by atoms with van der Waals surface area (Å²) in [5.41, 5.74) is 0.431. The number of benzene rings is 2. The maximum Gasteiger partial charge on any atom is 0.497 e. The number of hydrogen-bond donors (Lipinski definition) is 0. The first-order chi connectivity index (χ1) is 12.2. The van der Waals surface area contributed by atoms with E-state index in [1.165, 1.54) is 6.07 Å². The molecule has 138 valence electrons. The Balaban J connectivity index is 1.85. The van der Waals surface area contributed by atoms with Crippen LogP contribution in [0.2, 0.25) is 0 Å². The van der Waals surface area contributed by atoms with E-state index in [4.69, 9.17) is 14.0 Å². The fourth-order valence-corrected chi connectivity index (χ4v) is 2.64. The molecule has 0 unspecified atom stereocenters. The normalized spacial score (nSPS) is 17.2. The summed E-state index contributed by atoms with van der Waals surface area (Å²) in [5.74, 6) is 0.119. The smallest absolute Gasteiger partial charge is 0.489 e. The van der Waals surface area contributed by atoms with Crippen LogP contribution in [0.1, 0.15) is 25.0 Å². The third kappa shape index (κ3) is 4.59. The van der Waals surface area contributed by atoms with Crippen molar-refractivity contribution in [1.82, 2.24) is 0 Å². The maximum absolute atomic E-state index is 13.1. The molecule has 1 saturated heterocycles. The van der Waals surface area contributed by atoms with Crippen molar-refractivity contribution in [1.29, 1.82) is 0 Å². The topological polar surface area (TPSA) is 27.7 Å². The highest BCUT2D eigenvalue weighted by Crippen LogP contribution is 2.32. The molecule has 0 atom stereocenters. The Labute approximate surface area is 151 Å².